The second kappa shape index (κ2) is 8.71. The van der Waals surface area contributed by atoms with Crippen LogP contribution in [0.4, 0.5) is 5.13 Å². The number of nitrogens with zero attached hydrogens (tertiary/aromatic N) is 2. The highest BCUT2D eigenvalue weighted by Gasteiger charge is 2.22. The summed E-state index contributed by atoms with van der Waals surface area (Å²) in [6, 6.07) is 15.8. The summed E-state index contributed by atoms with van der Waals surface area (Å²) in [6.45, 7) is 4.46. The molecule has 30 heavy (non-hydrogen) atoms. The molecule has 0 aliphatic heterocycles. The first-order valence-corrected chi connectivity index (χ1v) is 10.7. The van der Waals surface area contributed by atoms with Gasteiger partial charge < -0.3 is 9.15 Å². The van der Waals surface area contributed by atoms with E-state index in [1.165, 1.54) is 16.9 Å². The van der Waals surface area contributed by atoms with Gasteiger partial charge in [-0.15, -0.1) is 0 Å². The zero-order chi connectivity index (χ0) is 21.1. The first kappa shape index (κ1) is 20.2. The van der Waals surface area contributed by atoms with Gasteiger partial charge in [-0.3, -0.25) is 9.69 Å². The lowest BCUT2D eigenvalue weighted by atomic mass is 10.1. The molecule has 0 bridgehead atoms. The maximum Gasteiger partial charge on any atom is 0.233 e. The second-order valence-corrected chi connectivity index (χ2v) is 8.20. The average Bonchev–Trinajstić information content (AvgIpc) is 3.40. The molecular weight excluding hydrogens is 396 g/mol. The van der Waals surface area contributed by atoms with Crippen LogP contribution < -0.4 is 9.64 Å². The molecule has 0 saturated carbocycles. The predicted octanol–water partition coefficient (Wildman–Crippen LogP) is 5.54. The monoisotopic (exact) mass is 420 g/mol. The summed E-state index contributed by atoms with van der Waals surface area (Å²) in [6.07, 6.45) is 2.87. The van der Waals surface area contributed by atoms with Crippen molar-refractivity contribution < 1.29 is 13.9 Å². The highest BCUT2D eigenvalue weighted by molar-refractivity contribution is 7.22. The predicted molar refractivity (Wildman–Crippen MR) is 120 cm³/mol. The molecule has 4 aromatic rings. The number of benzene rings is 2. The van der Waals surface area contributed by atoms with E-state index in [4.69, 9.17) is 14.1 Å². The number of anilines is 1. The molecule has 2 heterocycles. The zero-order valence-electron chi connectivity index (χ0n) is 17.3. The Morgan fingerprint density at radius 1 is 1.17 bits per heavy atom. The Bertz CT molecular complexity index is 1160. The van der Waals surface area contributed by atoms with E-state index in [0.29, 0.717) is 11.7 Å². The zero-order valence-corrected chi connectivity index (χ0v) is 18.2. The fourth-order valence-corrected chi connectivity index (χ4v) is 4.48. The summed E-state index contributed by atoms with van der Waals surface area (Å²) < 4.78 is 11.9. The fourth-order valence-electron chi connectivity index (χ4n) is 3.43. The normalized spacial score (nSPS) is 11.0. The number of methoxy groups -OCH3 is 1. The molecule has 0 spiro atoms. The number of rotatable bonds is 7. The minimum atomic E-state index is -0.0225. The van der Waals surface area contributed by atoms with E-state index in [1.54, 1.807) is 18.3 Å². The van der Waals surface area contributed by atoms with E-state index in [0.717, 1.165) is 39.3 Å². The number of thiazole rings is 1. The van der Waals surface area contributed by atoms with Crippen LogP contribution >= 0.6 is 11.3 Å². The number of fused-ring (bicyclic) bond motifs is 1. The topological polar surface area (TPSA) is 55.6 Å². The Morgan fingerprint density at radius 3 is 2.70 bits per heavy atom. The quantitative estimate of drug-likeness (QED) is 0.394. The Balaban J connectivity index is 1.65. The van der Waals surface area contributed by atoms with Crippen LogP contribution in [0.5, 0.6) is 5.75 Å². The maximum atomic E-state index is 13.3. The summed E-state index contributed by atoms with van der Waals surface area (Å²) >= 11 is 1.54. The third-order valence-corrected chi connectivity index (χ3v) is 6.13. The second-order valence-electron chi connectivity index (χ2n) is 7.19. The summed E-state index contributed by atoms with van der Waals surface area (Å²) in [4.78, 5) is 19.8. The average molecular weight is 421 g/mol. The molecule has 1 amide bonds. The van der Waals surface area contributed by atoms with E-state index >= 15 is 0 Å². The van der Waals surface area contributed by atoms with Crippen LogP contribution in [0.1, 0.15) is 29.4 Å². The third-order valence-electron chi connectivity index (χ3n) is 5.09. The van der Waals surface area contributed by atoms with Crippen molar-refractivity contribution in [2.24, 2.45) is 0 Å². The van der Waals surface area contributed by atoms with Crippen molar-refractivity contribution in [1.29, 1.82) is 0 Å². The summed E-state index contributed by atoms with van der Waals surface area (Å²) in [7, 11) is 1.65. The van der Waals surface area contributed by atoms with Gasteiger partial charge in [0.1, 0.15) is 11.5 Å². The maximum absolute atomic E-state index is 13.3. The van der Waals surface area contributed by atoms with Crippen molar-refractivity contribution in [3.63, 3.8) is 0 Å². The number of hydrogen-bond donors (Lipinski definition) is 0. The lowest BCUT2D eigenvalue weighted by Crippen LogP contribution is -2.31. The van der Waals surface area contributed by atoms with Gasteiger partial charge in [-0.25, -0.2) is 4.98 Å². The van der Waals surface area contributed by atoms with Gasteiger partial charge in [0.05, 0.1) is 36.6 Å². The van der Waals surface area contributed by atoms with Crippen molar-refractivity contribution in [2.75, 3.05) is 12.0 Å². The number of furan rings is 1. The van der Waals surface area contributed by atoms with Crippen molar-refractivity contribution in [3.8, 4) is 5.75 Å². The number of hydrogen-bond acceptors (Lipinski definition) is 5. The van der Waals surface area contributed by atoms with E-state index in [2.05, 4.69) is 19.1 Å². The smallest absolute Gasteiger partial charge is 0.233 e. The van der Waals surface area contributed by atoms with Crippen LogP contribution in [-0.4, -0.2) is 18.0 Å². The van der Waals surface area contributed by atoms with Gasteiger partial charge in [-0.1, -0.05) is 36.5 Å². The van der Waals surface area contributed by atoms with Gasteiger partial charge in [0.25, 0.3) is 0 Å². The molecule has 0 saturated heterocycles. The number of aromatic nitrogens is 1. The van der Waals surface area contributed by atoms with Crippen LogP contribution in [-0.2, 0) is 24.2 Å². The van der Waals surface area contributed by atoms with E-state index < -0.39 is 0 Å². The molecule has 0 atom stereocenters. The molecule has 0 fully saturated rings. The third kappa shape index (κ3) is 4.24. The highest BCUT2D eigenvalue weighted by atomic mass is 32.1. The summed E-state index contributed by atoms with van der Waals surface area (Å²) in [5.41, 5.74) is 4.12. The van der Waals surface area contributed by atoms with Crippen LogP contribution in [0.2, 0.25) is 0 Å². The number of amides is 1. The largest absolute Gasteiger partial charge is 0.496 e. The van der Waals surface area contributed by atoms with Crippen molar-refractivity contribution in [2.45, 2.75) is 33.2 Å². The van der Waals surface area contributed by atoms with Gasteiger partial charge in [-0.2, -0.15) is 0 Å². The minimum Gasteiger partial charge on any atom is -0.496 e. The SMILES string of the molecule is CCc1ccc2nc(N(Cc3ccco3)C(=O)Cc3ccc(OC)c(C)c3)sc2c1. The van der Waals surface area contributed by atoms with Gasteiger partial charge in [-0.05, 0) is 60.4 Å². The molecule has 0 unspecified atom stereocenters. The number of aryl methyl sites for hydroxylation is 2. The molecule has 4 rings (SSSR count). The Kier molecular flexibility index (Phi) is 5.86. The summed E-state index contributed by atoms with van der Waals surface area (Å²) in [5, 5.41) is 0.685. The van der Waals surface area contributed by atoms with Gasteiger partial charge >= 0.3 is 0 Å². The molecular formula is C24H24N2O3S. The first-order valence-electron chi connectivity index (χ1n) is 9.93. The lowest BCUT2D eigenvalue weighted by molar-refractivity contribution is -0.118. The number of carbonyl (C=O) groups excluding carboxylic acids is 1. The molecule has 6 heteroatoms. The van der Waals surface area contributed by atoms with Gasteiger partial charge in [0, 0.05) is 0 Å². The number of carbonyl (C=O) groups is 1. The molecule has 0 radical (unpaired) electrons. The Morgan fingerprint density at radius 2 is 2.00 bits per heavy atom. The van der Waals surface area contributed by atoms with Crippen molar-refractivity contribution >= 4 is 32.6 Å². The van der Waals surface area contributed by atoms with Crippen LogP contribution in [0.3, 0.4) is 0 Å². The van der Waals surface area contributed by atoms with E-state index in [9.17, 15) is 4.79 Å². The Hall–Kier alpha value is -3.12. The molecule has 154 valence electrons. The van der Waals surface area contributed by atoms with Gasteiger partial charge in [0.2, 0.25) is 5.91 Å². The molecule has 2 aromatic carbocycles. The lowest BCUT2D eigenvalue weighted by Gasteiger charge is -2.19. The minimum absolute atomic E-state index is 0.0225. The van der Waals surface area contributed by atoms with Crippen molar-refractivity contribution in [1.82, 2.24) is 4.98 Å². The van der Waals surface area contributed by atoms with Crippen LogP contribution in [0, 0.1) is 6.92 Å². The first-order chi connectivity index (χ1) is 14.6. The van der Waals surface area contributed by atoms with E-state index in [1.807, 2.05) is 43.3 Å². The molecule has 2 aromatic heterocycles. The number of ether oxygens (including phenoxy) is 1. The van der Waals surface area contributed by atoms with Crippen LogP contribution in [0.25, 0.3) is 10.2 Å². The van der Waals surface area contributed by atoms with Crippen LogP contribution in [0.15, 0.2) is 59.2 Å². The van der Waals surface area contributed by atoms with Crippen molar-refractivity contribution in [3.05, 3.63) is 77.2 Å². The van der Waals surface area contributed by atoms with Gasteiger partial charge in [0.15, 0.2) is 5.13 Å². The Labute approximate surface area is 179 Å². The molecule has 0 aliphatic carbocycles. The fraction of sp³-hybridized carbons (Fsp3) is 0.250. The standard InChI is InChI=1S/C24H24N2O3S/c1-4-17-7-9-20-22(13-17)30-24(25-20)26(15-19-6-5-11-29-19)23(27)14-18-8-10-21(28-3)16(2)12-18/h5-13H,4,14-15H2,1-3H3. The van der Waals surface area contributed by atoms with E-state index in [-0.39, 0.29) is 12.3 Å². The molecule has 5 nitrogen and oxygen atoms in total. The molecule has 0 aliphatic rings. The molecule has 0 N–H and O–H groups in total. The summed E-state index contributed by atoms with van der Waals surface area (Å²) in [5.74, 6) is 1.52. The highest BCUT2D eigenvalue weighted by Crippen LogP contribution is 2.31.